The summed E-state index contributed by atoms with van der Waals surface area (Å²) in [7, 11) is 1.85. The second-order valence-corrected chi connectivity index (χ2v) is 3.64. The highest BCUT2D eigenvalue weighted by molar-refractivity contribution is 5.06. The van der Waals surface area contributed by atoms with Gasteiger partial charge in [0, 0.05) is 26.0 Å². The highest BCUT2D eigenvalue weighted by Gasteiger charge is 2.35. The molecule has 1 aromatic rings. The summed E-state index contributed by atoms with van der Waals surface area (Å²) >= 11 is 0. The molecule has 0 saturated carbocycles. The van der Waals surface area contributed by atoms with E-state index in [0.29, 0.717) is 5.82 Å². The van der Waals surface area contributed by atoms with Crippen molar-refractivity contribution >= 4 is 0 Å². The molecule has 4 nitrogen and oxygen atoms in total. The molecule has 0 amide bonds. The predicted octanol–water partition coefficient (Wildman–Crippen LogP) is 0.222. The zero-order valence-electron chi connectivity index (χ0n) is 8.36. The maximum atomic E-state index is 10.2. The third kappa shape index (κ3) is 1.59. The van der Waals surface area contributed by atoms with Crippen LogP contribution in [0.15, 0.2) is 12.4 Å². The van der Waals surface area contributed by atoms with Crippen molar-refractivity contribution in [3.63, 3.8) is 0 Å². The third-order valence-electron chi connectivity index (χ3n) is 2.47. The van der Waals surface area contributed by atoms with Gasteiger partial charge in [-0.1, -0.05) is 13.8 Å². The largest absolute Gasteiger partial charge is 0.380 e. The summed E-state index contributed by atoms with van der Waals surface area (Å²) in [6.45, 7) is 4.05. The SMILES string of the molecule is CC(C)C(O)(CN)c1nccn1C. The average Bonchev–Trinajstić information content (AvgIpc) is 2.50. The number of aryl methyl sites for hydroxylation is 1. The number of aliphatic hydroxyl groups is 1. The van der Waals surface area contributed by atoms with Gasteiger partial charge in [0.2, 0.25) is 0 Å². The molecule has 1 heterocycles. The summed E-state index contributed by atoms with van der Waals surface area (Å²) in [5, 5.41) is 10.2. The molecule has 0 radical (unpaired) electrons. The first-order chi connectivity index (χ1) is 6.02. The second-order valence-electron chi connectivity index (χ2n) is 3.64. The molecule has 0 aliphatic rings. The number of rotatable bonds is 3. The molecule has 0 bridgehead atoms. The molecule has 4 heteroatoms. The first-order valence-electron chi connectivity index (χ1n) is 4.42. The molecule has 1 rings (SSSR count). The Balaban J connectivity index is 3.10. The molecular weight excluding hydrogens is 166 g/mol. The molecule has 0 spiro atoms. The maximum Gasteiger partial charge on any atom is 0.142 e. The first kappa shape index (κ1) is 10.2. The Kier molecular flexibility index (Phi) is 2.73. The Morgan fingerprint density at radius 1 is 1.69 bits per heavy atom. The normalized spacial score (nSPS) is 16.2. The van der Waals surface area contributed by atoms with E-state index in [9.17, 15) is 5.11 Å². The van der Waals surface area contributed by atoms with Crippen LogP contribution in [0.3, 0.4) is 0 Å². The Bertz CT molecular complexity index is 282. The van der Waals surface area contributed by atoms with E-state index in [-0.39, 0.29) is 12.5 Å². The molecule has 3 N–H and O–H groups in total. The topological polar surface area (TPSA) is 64.1 Å². The van der Waals surface area contributed by atoms with Crippen LogP contribution >= 0.6 is 0 Å². The van der Waals surface area contributed by atoms with Crippen LogP contribution in [0, 0.1) is 5.92 Å². The van der Waals surface area contributed by atoms with Crippen molar-refractivity contribution in [3.8, 4) is 0 Å². The van der Waals surface area contributed by atoms with Gasteiger partial charge in [-0.3, -0.25) is 0 Å². The molecule has 74 valence electrons. The Hall–Kier alpha value is -0.870. The Morgan fingerprint density at radius 3 is 2.62 bits per heavy atom. The van der Waals surface area contributed by atoms with Crippen molar-refractivity contribution in [2.24, 2.45) is 18.7 Å². The summed E-state index contributed by atoms with van der Waals surface area (Å²) in [5.74, 6) is 0.684. The number of nitrogens with two attached hydrogens (primary N) is 1. The lowest BCUT2D eigenvalue weighted by Gasteiger charge is -2.29. The quantitative estimate of drug-likeness (QED) is 0.704. The van der Waals surface area contributed by atoms with Crippen LogP contribution in [-0.2, 0) is 12.6 Å². The van der Waals surface area contributed by atoms with Crippen LogP contribution in [0.1, 0.15) is 19.7 Å². The van der Waals surface area contributed by atoms with E-state index in [4.69, 9.17) is 5.73 Å². The monoisotopic (exact) mass is 183 g/mol. The minimum atomic E-state index is -1.02. The predicted molar refractivity (Wildman–Crippen MR) is 51.0 cm³/mol. The highest BCUT2D eigenvalue weighted by Crippen LogP contribution is 2.26. The fourth-order valence-corrected chi connectivity index (χ4v) is 1.37. The van der Waals surface area contributed by atoms with Gasteiger partial charge in [-0.2, -0.15) is 0 Å². The van der Waals surface area contributed by atoms with E-state index < -0.39 is 5.60 Å². The van der Waals surface area contributed by atoms with Crippen LogP contribution in [0.25, 0.3) is 0 Å². The lowest BCUT2D eigenvalue weighted by atomic mass is 9.89. The lowest BCUT2D eigenvalue weighted by Crippen LogP contribution is -2.42. The molecule has 0 aliphatic carbocycles. The van der Waals surface area contributed by atoms with Gasteiger partial charge in [-0.05, 0) is 5.92 Å². The van der Waals surface area contributed by atoms with E-state index in [1.165, 1.54) is 0 Å². The first-order valence-corrected chi connectivity index (χ1v) is 4.42. The van der Waals surface area contributed by atoms with Gasteiger partial charge in [0.1, 0.15) is 11.4 Å². The molecule has 0 fully saturated rings. The average molecular weight is 183 g/mol. The van der Waals surface area contributed by atoms with Crippen LogP contribution < -0.4 is 5.73 Å². The number of aromatic nitrogens is 2. The smallest absolute Gasteiger partial charge is 0.142 e. The van der Waals surface area contributed by atoms with Crippen molar-refractivity contribution in [2.75, 3.05) is 6.54 Å². The summed E-state index contributed by atoms with van der Waals surface area (Å²) in [5.41, 5.74) is 4.55. The second kappa shape index (κ2) is 3.47. The summed E-state index contributed by atoms with van der Waals surface area (Å²) < 4.78 is 1.80. The number of hydrogen-bond donors (Lipinski definition) is 2. The Labute approximate surface area is 78.4 Å². The minimum Gasteiger partial charge on any atom is -0.380 e. The lowest BCUT2D eigenvalue weighted by molar-refractivity contribution is -0.0119. The molecule has 1 aromatic heterocycles. The van der Waals surface area contributed by atoms with Crippen molar-refractivity contribution in [1.82, 2.24) is 9.55 Å². The fraction of sp³-hybridized carbons (Fsp3) is 0.667. The van der Waals surface area contributed by atoms with E-state index >= 15 is 0 Å². The molecule has 0 aliphatic heterocycles. The van der Waals surface area contributed by atoms with Crippen LogP contribution in [0.2, 0.25) is 0 Å². The fourth-order valence-electron chi connectivity index (χ4n) is 1.37. The zero-order chi connectivity index (χ0) is 10.1. The summed E-state index contributed by atoms with van der Waals surface area (Å²) in [6, 6.07) is 0. The standard InChI is InChI=1S/C9H17N3O/c1-7(2)9(13,6-10)8-11-4-5-12(8)3/h4-5,7,13H,6,10H2,1-3H3. The van der Waals surface area contributed by atoms with Gasteiger partial charge in [0.05, 0.1) is 0 Å². The van der Waals surface area contributed by atoms with Crippen LogP contribution in [0.5, 0.6) is 0 Å². The van der Waals surface area contributed by atoms with Crippen molar-refractivity contribution < 1.29 is 5.11 Å². The van der Waals surface area contributed by atoms with Gasteiger partial charge in [-0.15, -0.1) is 0 Å². The maximum absolute atomic E-state index is 10.2. The molecular formula is C9H17N3O. The van der Waals surface area contributed by atoms with E-state index in [1.807, 2.05) is 20.9 Å². The van der Waals surface area contributed by atoms with Gasteiger partial charge in [0.15, 0.2) is 0 Å². The van der Waals surface area contributed by atoms with Gasteiger partial charge < -0.3 is 15.4 Å². The van der Waals surface area contributed by atoms with Gasteiger partial charge in [-0.25, -0.2) is 4.98 Å². The van der Waals surface area contributed by atoms with E-state index in [1.54, 1.807) is 17.0 Å². The molecule has 1 unspecified atom stereocenters. The van der Waals surface area contributed by atoms with Gasteiger partial charge >= 0.3 is 0 Å². The number of imidazole rings is 1. The third-order valence-corrected chi connectivity index (χ3v) is 2.47. The van der Waals surface area contributed by atoms with Crippen molar-refractivity contribution in [3.05, 3.63) is 18.2 Å². The minimum absolute atomic E-state index is 0.0543. The van der Waals surface area contributed by atoms with E-state index in [0.717, 1.165) is 0 Å². The summed E-state index contributed by atoms with van der Waals surface area (Å²) in [6.07, 6.45) is 3.47. The zero-order valence-corrected chi connectivity index (χ0v) is 8.36. The van der Waals surface area contributed by atoms with Gasteiger partial charge in [0.25, 0.3) is 0 Å². The molecule has 0 aromatic carbocycles. The van der Waals surface area contributed by atoms with Crippen molar-refractivity contribution in [2.45, 2.75) is 19.4 Å². The number of hydrogen-bond acceptors (Lipinski definition) is 3. The Morgan fingerprint density at radius 2 is 2.31 bits per heavy atom. The van der Waals surface area contributed by atoms with Crippen LogP contribution in [0.4, 0.5) is 0 Å². The van der Waals surface area contributed by atoms with Crippen molar-refractivity contribution in [1.29, 1.82) is 0 Å². The van der Waals surface area contributed by atoms with E-state index in [2.05, 4.69) is 4.98 Å². The highest BCUT2D eigenvalue weighted by atomic mass is 16.3. The molecule has 1 atom stereocenters. The summed E-state index contributed by atoms with van der Waals surface area (Å²) in [4.78, 5) is 4.11. The van der Waals surface area contributed by atoms with Crippen LogP contribution in [-0.4, -0.2) is 21.2 Å². The molecule has 13 heavy (non-hydrogen) atoms. The molecule has 0 saturated heterocycles. The number of nitrogens with zero attached hydrogens (tertiary/aromatic N) is 2.